The average Bonchev–Trinajstić information content (AvgIpc) is 2.95. The molecular formula is C22H21F5N2O2. The van der Waals surface area contributed by atoms with Crippen LogP contribution in [0.4, 0.5) is 22.0 Å². The summed E-state index contributed by atoms with van der Waals surface area (Å²) in [6.07, 6.45) is -3.74. The van der Waals surface area contributed by atoms with Crippen LogP contribution in [0, 0.1) is 28.1 Å². The van der Waals surface area contributed by atoms with Gasteiger partial charge in [0, 0.05) is 29.8 Å². The Morgan fingerprint density at radius 1 is 1.26 bits per heavy atom. The van der Waals surface area contributed by atoms with Gasteiger partial charge in [-0.3, -0.25) is 9.78 Å². The molecule has 2 atom stereocenters. The minimum atomic E-state index is -4.19. The van der Waals surface area contributed by atoms with Crippen molar-refractivity contribution in [1.29, 1.82) is 0 Å². The fourth-order valence-electron chi connectivity index (χ4n) is 5.38. The smallest absolute Gasteiger partial charge is 0.394 e. The van der Waals surface area contributed by atoms with Crippen LogP contribution in [-0.2, 0) is 4.79 Å². The second kappa shape index (κ2) is 6.11. The number of hydrogen-bond donors (Lipinski definition) is 0. The van der Waals surface area contributed by atoms with E-state index < -0.39 is 40.8 Å². The molecule has 0 aromatic carbocycles. The molecule has 1 saturated heterocycles. The number of likely N-dealkylation sites (tertiary alicyclic amines) is 1. The monoisotopic (exact) mass is 440 g/mol. The first-order chi connectivity index (χ1) is 14.4. The maximum Gasteiger partial charge on any atom is 0.394 e. The molecule has 1 aromatic rings. The minimum absolute atomic E-state index is 0.0239. The van der Waals surface area contributed by atoms with Gasteiger partial charge >= 0.3 is 6.18 Å². The number of fused-ring (bicyclic) bond motifs is 4. The van der Waals surface area contributed by atoms with Crippen LogP contribution in [0.2, 0.25) is 0 Å². The van der Waals surface area contributed by atoms with E-state index in [9.17, 15) is 26.7 Å². The van der Waals surface area contributed by atoms with Gasteiger partial charge in [-0.25, -0.2) is 8.78 Å². The summed E-state index contributed by atoms with van der Waals surface area (Å²) in [7, 11) is 0. The fraction of sp³-hybridized carbons (Fsp3) is 0.636. The van der Waals surface area contributed by atoms with Crippen LogP contribution in [0.25, 0.3) is 0 Å². The number of nitrogens with zero attached hydrogens (tertiary/aromatic N) is 2. The van der Waals surface area contributed by atoms with Crippen molar-refractivity contribution >= 4 is 5.91 Å². The molecule has 166 valence electrons. The Bertz CT molecular complexity index is 1000. The Balaban J connectivity index is 1.40. The van der Waals surface area contributed by atoms with Gasteiger partial charge in [-0.05, 0) is 33.1 Å². The maximum absolute atomic E-state index is 13.4. The summed E-state index contributed by atoms with van der Waals surface area (Å²) in [5.74, 6) is 5.76. The van der Waals surface area contributed by atoms with Gasteiger partial charge < -0.3 is 9.64 Å². The van der Waals surface area contributed by atoms with E-state index in [1.807, 2.05) is 0 Å². The van der Waals surface area contributed by atoms with Crippen molar-refractivity contribution < 1.29 is 31.5 Å². The molecule has 1 amide bonds. The summed E-state index contributed by atoms with van der Waals surface area (Å²) in [5.41, 5.74) is -2.93. The first-order valence-corrected chi connectivity index (χ1v) is 10.2. The normalized spacial score (nSPS) is 33.0. The molecule has 3 heterocycles. The highest BCUT2D eigenvalue weighted by Crippen LogP contribution is 2.78. The number of carbonyl (C=O) groups excluding carboxylic acids is 1. The quantitative estimate of drug-likeness (QED) is 0.503. The third-order valence-corrected chi connectivity index (χ3v) is 7.28. The maximum atomic E-state index is 13.4. The van der Waals surface area contributed by atoms with E-state index in [0.29, 0.717) is 23.3 Å². The zero-order valence-corrected chi connectivity index (χ0v) is 17.0. The summed E-state index contributed by atoms with van der Waals surface area (Å²) < 4.78 is 72.0. The lowest BCUT2D eigenvalue weighted by molar-refractivity contribution is -0.346. The Morgan fingerprint density at radius 3 is 2.55 bits per heavy atom. The van der Waals surface area contributed by atoms with Gasteiger partial charge in [0.25, 0.3) is 6.43 Å². The molecule has 0 unspecified atom stereocenters. The van der Waals surface area contributed by atoms with E-state index in [1.54, 1.807) is 6.20 Å². The summed E-state index contributed by atoms with van der Waals surface area (Å²) in [4.78, 5) is 18.4. The Hall–Kier alpha value is -2.37. The number of carbonyl (C=O) groups is 1. The topological polar surface area (TPSA) is 42.4 Å². The third-order valence-electron chi connectivity index (χ3n) is 7.28. The van der Waals surface area contributed by atoms with Crippen LogP contribution < -0.4 is 4.74 Å². The van der Waals surface area contributed by atoms with Crippen LogP contribution in [0.1, 0.15) is 56.7 Å². The van der Waals surface area contributed by atoms with Gasteiger partial charge in [-0.1, -0.05) is 11.8 Å². The lowest BCUT2D eigenvalue weighted by atomic mass is 9.35. The molecule has 0 N–H and O–H groups in total. The highest BCUT2D eigenvalue weighted by molar-refractivity contribution is 5.83. The zero-order valence-electron chi connectivity index (χ0n) is 17.0. The number of hydrogen-bond acceptors (Lipinski definition) is 3. The van der Waals surface area contributed by atoms with E-state index in [1.165, 1.54) is 24.9 Å². The van der Waals surface area contributed by atoms with Crippen LogP contribution in [0.5, 0.6) is 5.75 Å². The van der Waals surface area contributed by atoms with Crippen LogP contribution in [0.3, 0.4) is 0 Å². The average molecular weight is 440 g/mol. The first kappa shape index (κ1) is 20.5. The molecule has 3 aliphatic carbocycles. The van der Waals surface area contributed by atoms with E-state index >= 15 is 0 Å². The number of pyridine rings is 1. The molecule has 4 bridgehead atoms. The van der Waals surface area contributed by atoms with Crippen molar-refractivity contribution in [2.75, 3.05) is 6.54 Å². The number of halogens is 5. The molecule has 6 rings (SSSR count). The first-order valence-electron chi connectivity index (χ1n) is 10.2. The predicted molar refractivity (Wildman–Crippen MR) is 99.2 cm³/mol. The van der Waals surface area contributed by atoms with Crippen LogP contribution in [0.15, 0.2) is 12.4 Å². The highest BCUT2D eigenvalue weighted by atomic mass is 19.4. The van der Waals surface area contributed by atoms with Crippen LogP contribution in [-0.4, -0.2) is 41.0 Å². The molecule has 0 radical (unpaired) electrons. The molecule has 5 aliphatic rings. The Labute approximate surface area is 176 Å². The van der Waals surface area contributed by atoms with Crippen molar-refractivity contribution in [2.24, 2.45) is 16.2 Å². The zero-order chi connectivity index (χ0) is 22.4. The second-order valence-electron chi connectivity index (χ2n) is 9.92. The molecule has 0 spiro atoms. The van der Waals surface area contributed by atoms with Gasteiger partial charge in [0.05, 0.1) is 23.6 Å². The molecule has 2 aliphatic heterocycles. The molecule has 9 heteroatoms. The largest absolute Gasteiger partial charge is 0.487 e. The predicted octanol–water partition coefficient (Wildman–Crippen LogP) is 4.49. The summed E-state index contributed by atoms with van der Waals surface area (Å²) in [6, 6.07) is -0.433. The van der Waals surface area contributed by atoms with Gasteiger partial charge in [-0.15, -0.1) is 0 Å². The highest BCUT2D eigenvalue weighted by Gasteiger charge is 2.78. The standard InChI is InChI=1S/C22H21F5N2O2/c1-19(2,17(23)24)18(30)29-8-13-5-15(29)14-7-28-6-12(16(14)31-13)3-4-20-9-21(10-20,11-20)22(25,26)27/h6-7,13,15,17H,5,8-11H2,1-2H3/t13-,15-,20?,21?/m0/s1. The SMILES string of the molecule is CC(C)(C(=O)N1C[C@@H]2C[C@H]1c1cncc(C#CC34CC(C(F)(F)F)(C3)C4)c1O2)C(F)F. The van der Waals surface area contributed by atoms with E-state index in [0.717, 1.165) is 0 Å². The number of alkyl halides is 5. The molecule has 1 aromatic heterocycles. The van der Waals surface area contributed by atoms with Crippen molar-refractivity contribution in [1.82, 2.24) is 9.88 Å². The summed E-state index contributed by atoms with van der Waals surface area (Å²) in [5, 5.41) is 0. The third kappa shape index (κ3) is 2.79. The van der Waals surface area contributed by atoms with Crippen molar-refractivity contribution in [3.05, 3.63) is 23.5 Å². The lowest BCUT2D eigenvalue weighted by Gasteiger charge is -2.68. The number of ether oxygens (including phenoxy) is 1. The Kier molecular flexibility index (Phi) is 4.05. The van der Waals surface area contributed by atoms with E-state index in [4.69, 9.17) is 4.74 Å². The van der Waals surface area contributed by atoms with Gasteiger partial charge in [0.15, 0.2) is 0 Å². The van der Waals surface area contributed by atoms with Crippen molar-refractivity contribution in [3.8, 4) is 17.6 Å². The molecular weight excluding hydrogens is 419 g/mol. The van der Waals surface area contributed by atoms with Gasteiger partial charge in [-0.2, -0.15) is 13.2 Å². The number of aromatic nitrogens is 1. The van der Waals surface area contributed by atoms with Gasteiger partial charge in [0.1, 0.15) is 17.3 Å². The van der Waals surface area contributed by atoms with Crippen molar-refractivity contribution in [2.45, 2.75) is 64.3 Å². The summed E-state index contributed by atoms with van der Waals surface area (Å²) in [6.45, 7) is 2.64. The second-order valence-corrected chi connectivity index (χ2v) is 9.92. The fourth-order valence-corrected chi connectivity index (χ4v) is 5.38. The molecule has 4 nitrogen and oxygen atoms in total. The van der Waals surface area contributed by atoms with E-state index in [2.05, 4.69) is 16.8 Å². The van der Waals surface area contributed by atoms with Crippen molar-refractivity contribution in [3.63, 3.8) is 0 Å². The summed E-state index contributed by atoms with van der Waals surface area (Å²) >= 11 is 0. The molecule has 4 fully saturated rings. The molecule has 31 heavy (non-hydrogen) atoms. The van der Waals surface area contributed by atoms with Gasteiger partial charge in [0.2, 0.25) is 5.91 Å². The van der Waals surface area contributed by atoms with E-state index in [-0.39, 0.29) is 31.9 Å². The molecule has 3 saturated carbocycles. The number of amides is 1. The minimum Gasteiger partial charge on any atom is -0.487 e. The lowest BCUT2D eigenvalue weighted by Crippen LogP contribution is -2.67. The number of rotatable bonds is 2. The van der Waals surface area contributed by atoms with Crippen LogP contribution >= 0.6 is 0 Å². The Morgan fingerprint density at radius 2 is 1.94 bits per heavy atom.